The van der Waals surface area contributed by atoms with Gasteiger partial charge >= 0.3 is 0 Å². The maximum Gasteiger partial charge on any atom is 0.277 e. The van der Waals surface area contributed by atoms with Crippen LogP contribution < -0.4 is 14.8 Å². The van der Waals surface area contributed by atoms with Crippen LogP contribution in [0.3, 0.4) is 0 Å². The van der Waals surface area contributed by atoms with E-state index >= 15 is 0 Å². The van der Waals surface area contributed by atoms with E-state index in [0.29, 0.717) is 34.1 Å². The molecule has 1 aliphatic rings. The van der Waals surface area contributed by atoms with Crippen molar-refractivity contribution in [1.82, 2.24) is 15.5 Å². The highest BCUT2D eigenvalue weighted by molar-refractivity contribution is 7.99. The zero-order chi connectivity index (χ0) is 19.2. The molecule has 1 aromatic carbocycles. The van der Waals surface area contributed by atoms with E-state index in [2.05, 4.69) is 22.4 Å². The number of aromatic nitrogens is 2. The third-order valence-corrected chi connectivity index (χ3v) is 5.61. The summed E-state index contributed by atoms with van der Waals surface area (Å²) < 4.78 is 16.2. The van der Waals surface area contributed by atoms with Crippen molar-refractivity contribution in [3.63, 3.8) is 0 Å². The fourth-order valence-electron chi connectivity index (χ4n) is 3.22. The van der Waals surface area contributed by atoms with Gasteiger partial charge in [0.2, 0.25) is 11.8 Å². The first kappa shape index (κ1) is 19.5. The highest BCUT2D eigenvalue weighted by Crippen LogP contribution is 2.30. The molecule has 0 radical (unpaired) electrons. The molecular formula is C19H25N3O4S. The monoisotopic (exact) mass is 391 g/mol. The molecule has 1 amide bonds. The number of methoxy groups -OCH3 is 2. The predicted molar refractivity (Wildman–Crippen MR) is 103 cm³/mol. The van der Waals surface area contributed by atoms with Crippen LogP contribution in [0.25, 0.3) is 11.5 Å². The highest BCUT2D eigenvalue weighted by atomic mass is 32.2. The number of amides is 1. The summed E-state index contributed by atoms with van der Waals surface area (Å²) in [6.45, 7) is 2.20. The van der Waals surface area contributed by atoms with Crippen molar-refractivity contribution < 1.29 is 18.7 Å². The average Bonchev–Trinajstić information content (AvgIpc) is 3.17. The Morgan fingerprint density at radius 1 is 1.19 bits per heavy atom. The Balaban J connectivity index is 1.59. The Labute approximate surface area is 163 Å². The van der Waals surface area contributed by atoms with E-state index in [9.17, 15) is 4.79 Å². The first-order valence-corrected chi connectivity index (χ1v) is 10.1. The van der Waals surface area contributed by atoms with Gasteiger partial charge in [0.1, 0.15) is 11.5 Å². The zero-order valence-electron chi connectivity index (χ0n) is 15.9. The maximum absolute atomic E-state index is 12.2. The molecule has 1 fully saturated rings. The molecule has 0 unspecified atom stereocenters. The number of hydrogen-bond donors (Lipinski definition) is 1. The number of benzene rings is 1. The third-order valence-electron chi connectivity index (χ3n) is 4.79. The zero-order valence-corrected chi connectivity index (χ0v) is 16.7. The van der Waals surface area contributed by atoms with Gasteiger partial charge in [-0.1, -0.05) is 31.5 Å². The summed E-state index contributed by atoms with van der Waals surface area (Å²) in [5.41, 5.74) is 0.700. The molecular weight excluding hydrogens is 366 g/mol. The van der Waals surface area contributed by atoms with Crippen molar-refractivity contribution in [2.75, 3.05) is 20.0 Å². The minimum Gasteiger partial charge on any atom is -0.497 e. The van der Waals surface area contributed by atoms with E-state index in [4.69, 9.17) is 13.9 Å². The molecule has 2 aromatic rings. The normalized spacial score (nSPS) is 19.5. The number of ether oxygens (including phenoxy) is 2. The summed E-state index contributed by atoms with van der Waals surface area (Å²) in [4.78, 5) is 12.2. The Kier molecular flexibility index (Phi) is 6.60. The van der Waals surface area contributed by atoms with Crippen molar-refractivity contribution in [3.8, 4) is 23.0 Å². The van der Waals surface area contributed by atoms with Gasteiger partial charge in [-0.2, -0.15) is 0 Å². The van der Waals surface area contributed by atoms with Crippen LogP contribution in [-0.4, -0.2) is 42.1 Å². The van der Waals surface area contributed by atoms with Crippen LogP contribution in [0.15, 0.2) is 27.8 Å². The van der Waals surface area contributed by atoms with Crippen molar-refractivity contribution in [2.24, 2.45) is 5.92 Å². The lowest BCUT2D eigenvalue weighted by atomic mass is 9.86. The lowest BCUT2D eigenvalue weighted by molar-refractivity contribution is -0.119. The van der Waals surface area contributed by atoms with E-state index in [-0.39, 0.29) is 17.7 Å². The molecule has 1 heterocycles. The summed E-state index contributed by atoms with van der Waals surface area (Å²) in [6.07, 6.45) is 4.66. The Bertz CT molecular complexity index is 758. The molecule has 7 nitrogen and oxygen atoms in total. The van der Waals surface area contributed by atoms with Gasteiger partial charge in [-0.05, 0) is 30.9 Å². The summed E-state index contributed by atoms with van der Waals surface area (Å²) in [5, 5.41) is 11.6. The summed E-state index contributed by atoms with van der Waals surface area (Å²) in [7, 11) is 3.17. The van der Waals surface area contributed by atoms with Crippen LogP contribution in [0.2, 0.25) is 0 Å². The molecule has 2 atom stereocenters. The van der Waals surface area contributed by atoms with Gasteiger partial charge in [-0.25, -0.2) is 0 Å². The lowest BCUT2D eigenvalue weighted by Crippen LogP contribution is -2.41. The first-order valence-electron chi connectivity index (χ1n) is 9.08. The molecule has 0 saturated heterocycles. The van der Waals surface area contributed by atoms with E-state index in [1.807, 2.05) is 0 Å². The van der Waals surface area contributed by atoms with Crippen molar-refractivity contribution in [2.45, 2.75) is 43.9 Å². The number of carbonyl (C=O) groups excluding carboxylic acids is 1. The Morgan fingerprint density at radius 3 is 2.56 bits per heavy atom. The molecule has 1 saturated carbocycles. The maximum atomic E-state index is 12.2. The van der Waals surface area contributed by atoms with Crippen molar-refractivity contribution >= 4 is 17.7 Å². The second-order valence-electron chi connectivity index (χ2n) is 6.70. The number of hydrogen-bond acceptors (Lipinski definition) is 7. The highest BCUT2D eigenvalue weighted by Gasteiger charge is 2.23. The number of rotatable bonds is 7. The van der Waals surface area contributed by atoms with Gasteiger partial charge < -0.3 is 19.2 Å². The minimum absolute atomic E-state index is 0.00143. The smallest absolute Gasteiger partial charge is 0.277 e. The van der Waals surface area contributed by atoms with Gasteiger partial charge in [0.15, 0.2) is 0 Å². The van der Waals surface area contributed by atoms with E-state index in [1.165, 1.54) is 31.0 Å². The molecule has 1 aliphatic carbocycles. The second kappa shape index (κ2) is 9.12. The minimum atomic E-state index is 0.00143. The molecule has 0 aliphatic heterocycles. The Morgan fingerprint density at radius 2 is 1.89 bits per heavy atom. The Hall–Kier alpha value is -2.22. The summed E-state index contributed by atoms with van der Waals surface area (Å²) >= 11 is 1.24. The van der Waals surface area contributed by atoms with Gasteiger partial charge in [0.25, 0.3) is 5.22 Å². The predicted octanol–water partition coefficient (Wildman–Crippen LogP) is 3.54. The average molecular weight is 391 g/mol. The van der Waals surface area contributed by atoms with Crippen LogP contribution >= 0.6 is 11.8 Å². The standard InChI is InChI=1S/C19H25N3O4S/c1-12-6-4-5-7-16(12)20-17(23)11-27-19-22-21-18(26-19)13-8-14(24-2)10-15(9-13)25-3/h8-10,12,16H,4-7,11H2,1-3H3,(H,20,23)/t12-,16-/m1/s1. The number of nitrogens with zero attached hydrogens (tertiary/aromatic N) is 2. The number of carbonyl (C=O) groups is 1. The fraction of sp³-hybridized carbons (Fsp3) is 0.526. The third kappa shape index (κ3) is 5.15. The lowest BCUT2D eigenvalue weighted by Gasteiger charge is -2.29. The molecule has 3 rings (SSSR count). The molecule has 1 aromatic heterocycles. The summed E-state index contributed by atoms with van der Waals surface area (Å²) in [5.74, 6) is 2.42. The van der Waals surface area contributed by atoms with Gasteiger partial charge in [0.05, 0.1) is 20.0 Å². The second-order valence-corrected chi connectivity index (χ2v) is 7.63. The first-order chi connectivity index (χ1) is 13.1. The van der Waals surface area contributed by atoms with Crippen LogP contribution in [0.1, 0.15) is 32.6 Å². The molecule has 1 N–H and O–H groups in total. The molecule has 146 valence electrons. The largest absolute Gasteiger partial charge is 0.497 e. The van der Waals surface area contributed by atoms with Crippen LogP contribution in [0.5, 0.6) is 11.5 Å². The van der Waals surface area contributed by atoms with E-state index < -0.39 is 0 Å². The van der Waals surface area contributed by atoms with E-state index in [1.54, 1.807) is 32.4 Å². The molecule has 27 heavy (non-hydrogen) atoms. The van der Waals surface area contributed by atoms with Crippen molar-refractivity contribution in [3.05, 3.63) is 18.2 Å². The van der Waals surface area contributed by atoms with Gasteiger partial charge in [0, 0.05) is 17.7 Å². The number of nitrogens with one attached hydrogen (secondary N) is 1. The fourth-order valence-corrected chi connectivity index (χ4v) is 3.80. The van der Waals surface area contributed by atoms with E-state index in [0.717, 1.165) is 6.42 Å². The quantitative estimate of drug-likeness (QED) is 0.722. The van der Waals surface area contributed by atoms with Crippen molar-refractivity contribution in [1.29, 1.82) is 0 Å². The van der Waals surface area contributed by atoms with Crippen LogP contribution in [0, 0.1) is 5.92 Å². The molecule has 8 heteroatoms. The van der Waals surface area contributed by atoms with Crippen LogP contribution in [0.4, 0.5) is 0 Å². The topological polar surface area (TPSA) is 86.5 Å². The summed E-state index contributed by atoms with van der Waals surface area (Å²) in [6, 6.07) is 5.63. The molecule has 0 spiro atoms. The van der Waals surface area contributed by atoms with Crippen LogP contribution in [-0.2, 0) is 4.79 Å². The van der Waals surface area contributed by atoms with Gasteiger partial charge in [-0.15, -0.1) is 10.2 Å². The van der Waals surface area contributed by atoms with Gasteiger partial charge in [-0.3, -0.25) is 4.79 Å². The number of thioether (sulfide) groups is 1. The molecule has 0 bridgehead atoms. The SMILES string of the molecule is COc1cc(OC)cc(-c2nnc(SCC(=O)N[C@@H]3CCCC[C@H]3C)o2)c1.